The molecule has 0 heterocycles. The summed E-state index contributed by atoms with van der Waals surface area (Å²) in [6.07, 6.45) is 0. The number of carboxylic acid groups (broad SMARTS) is 1. The fourth-order valence-electron chi connectivity index (χ4n) is 1.38. The summed E-state index contributed by atoms with van der Waals surface area (Å²) >= 11 is 0. The summed E-state index contributed by atoms with van der Waals surface area (Å²) < 4.78 is 18.3. The first kappa shape index (κ1) is 15.1. The van der Waals surface area contributed by atoms with E-state index in [2.05, 4.69) is 5.32 Å². The van der Waals surface area contributed by atoms with E-state index < -0.39 is 17.7 Å². The van der Waals surface area contributed by atoms with Gasteiger partial charge in [0.15, 0.2) is 0 Å². The molecule has 104 valence electrons. The molecule has 0 aliphatic rings. The lowest BCUT2D eigenvalue weighted by molar-refractivity contribution is -0.122. The summed E-state index contributed by atoms with van der Waals surface area (Å²) in [6.45, 7) is 0.657. The van der Waals surface area contributed by atoms with E-state index in [0.29, 0.717) is 6.54 Å². The molecule has 19 heavy (non-hydrogen) atoms. The molecule has 0 fully saturated rings. The molecule has 0 spiro atoms. The van der Waals surface area contributed by atoms with Crippen LogP contribution in [0, 0.1) is 5.82 Å². The molecule has 0 bridgehead atoms. The number of benzene rings is 1. The Kier molecular flexibility index (Phi) is 5.91. The van der Waals surface area contributed by atoms with Gasteiger partial charge in [0.05, 0.1) is 12.2 Å². The quantitative estimate of drug-likeness (QED) is 0.582. The van der Waals surface area contributed by atoms with Crippen LogP contribution in [0.5, 0.6) is 0 Å². The number of ether oxygens (including phenoxy) is 1. The van der Waals surface area contributed by atoms with Crippen LogP contribution in [0.1, 0.15) is 15.9 Å². The number of carbonyl (C=O) groups is 2. The first-order valence-electron chi connectivity index (χ1n) is 5.59. The Balaban J connectivity index is 2.38. The molecule has 1 rings (SSSR count). The lowest BCUT2D eigenvalue weighted by atomic mass is 10.1. The van der Waals surface area contributed by atoms with Crippen molar-refractivity contribution in [1.29, 1.82) is 0 Å². The molecule has 4 N–H and O–H groups in total. The first-order chi connectivity index (χ1) is 9.00. The van der Waals surface area contributed by atoms with E-state index in [1.165, 1.54) is 12.1 Å². The molecule has 0 unspecified atom stereocenters. The van der Waals surface area contributed by atoms with Gasteiger partial charge in [-0.2, -0.15) is 0 Å². The average Bonchev–Trinajstić information content (AvgIpc) is 2.34. The van der Waals surface area contributed by atoms with E-state index in [9.17, 15) is 14.0 Å². The van der Waals surface area contributed by atoms with Crippen LogP contribution < -0.4 is 11.1 Å². The molecule has 0 radical (unpaired) electrons. The van der Waals surface area contributed by atoms with Gasteiger partial charge in [0.2, 0.25) is 5.91 Å². The number of primary amides is 1. The van der Waals surface area contributed by atoms with Gasteiger partial charge in [-0.3, -0.25) is 4.79 Å². The Morgan fingerprint density at radius 3 is 2.79 bits per heavy atom. The summed E-state index contributed by atoms with van der Waals surface area (Å²) in [5.41, 5.74) is 5.16. The average molecular weight is 270 g/mol. The molecule has 6 nitrogen and oxygen atoms in total. The van der Waals surface area contributed by atoms with Crippen molar-refractivity contribution >= 4 is 11.9 Å². The van der Waals surface area contributed by atoms with E-state index in [1.54, 1.807) is 0 Å². The Bertz CT molecular complexity index is 465. The number of hydrogen-bond acceptors (Lipinski definition) is 4. The number of amides is 1. The highest BCUT2D eigenvalue weighted by Gasteiger charge is 2.07. The lowest BCUT2D eigenvalue weighted by Gasteiger charge is -2.07. The summed E-state index contributed by atoms with van der Waals surface area (Å²) in [4.78, 5) is 21.1. The first-order valence-corrected chi connectivity index (χ1v) is 5.59. The predicted molar refractivity (Wildman–Crippen MR) is 65.1 cm³/mol. The van der Waals surface area contributed by atoms with Gasteiger partial charge in [-0.05, 0) is 18.2 Å². The van der Waals surface area contributed by atoms with Crippen LogP contribution in [0.4, 0.5) is 4.39 Å². The topological polar surface area (TPSA) is 102 Å². The van der Waals surface area contributed by atoms with Crippen LogP contribution in [0.15, 0.2) is 18.2 Å². The van der Waals surface area contributed by atoms with Crippen LogP contribution in [-0.4, -0.2) is 36.7 Å². The second-order valence-electron chi connectivity index (χ2n) is 3.81. The number of rotatable bonds is 8. The van der Waals surface area contributed by atoms with E-state index in [1.807, 2.05) is 0 Å². The number of carbonyl (C=O) groups excluding carboxylic acids is 1. The smallest absolute Gasteiger partial charge is 0.335 e. The Hall–Kier alpha value is -1.99. The van der Waals surface area contributed by atoms with Crippen LogP contribution in [0.3, 0.4) is 0 Å². The second kappa shape index (κ2) is 7.45. The fraction of sp³-hybridized carbons (Fsp3) is 0.333. The van der Waals surface area contributed by atoms with Crippen molar-refractivity contribution in [2.45, 2.75) is 6.54 Å². The van der Waals surface area contributed by atoms with E-state index in [-0.39, 0.29) is 30.9 Å². The van der Waals surface area contributed by atoms with Crippen LogP contribution >= 0.6 is 0 Å². The number of nitrogens with one attached hydrogen (secondary N) is 1. The zero-order chi connectivity index (χ0) is 14.3. The van der Waals surface area contributed by atoms with Gasteiger partial charge in [0, 0.05) is 18.7 Å². The minimum atomic E-state index is -1.11. The van der Waals surface area contributed by atoms with E-state index >= 15 is 0 Å². The minimum absolute atomic E-state index is 0.0307. The molecule has 0 aliphatic heterocycles. The van der Waals surface area contributed by atoms with Crippen LogP contribution in [0.25, 0.3) is 0 Å². The number of aromatic carboxylic acids is 1. The van der Waals surface area contributed by atoms with Gasteiger partial charge >= 0.3 is 5.97 Å². The van der Waals surface area contributed by atoms with Gasteiger partial charge < -0.3 is 20.9 Å². The number of carboxylic acids is 1. The van der Waals surface area contributed by atoms with E-state index in [4.69, 9.17) is 15.6 Å². The Morgan fingerprint density at radius 2 is 2.16 bits per heavy atom. The van der Waals surface area contributed by atoms with Gasteiger partial charge in [-0.25, -0.2) is 9.18 Å². The maximum atomic E-state index is 13.4. The van der Waals surface area contributed by atoms with Gasteiger partial charge in [0.1, 0.15) is 12.4 Å². The van der Waals surface area contributed by atoms with Crippen molar-refractivity contribution in [2.24, 2.45) is 5.73 Å². The highest BCUT2D eigenvalue weighted by atomic mass is 19.1. The normalized spacial score (nSPS) is 10.4. The number of hydrogen-bond donors (Lipinski definition) is 3. The van der Waals surface area contributed by atoms with Crippen LogP contribution in [-0.2, 0) is 16.1 Å². The van der Waals surface area contributed by atoms with Crippen LogP contribution in [0.2, 0.25) is 0 Å². The molecule has 0 aromatic heterocycles. The van der Waals surface area contributed by atoms with Gasteiger partial charge in [-0.15, -0.1) is 0 Å². The number of nitrogens with two attached hydrogens (primary N) is 1. The predicted octanol–water partition coefficient (Wildman–Crippen LogP) is 0.115. The highest BCUT2D eigenvalue weighted by molar-refractivity contribution is 5.87. The zero-order valence-electron chi connectivity index (χ0n) is 10.2. The SMILES string of the molecule is NC(=O)COCCNCc1cc(C(=O)O)ccc1F. The molecule has 0 saturated carbocycles. The molecule has 0 aliphatic carbocycles. The maximum absolute atomic E-state index is 13.4. The minimum Gasteiger partial charge on any atom is -0.478 e. The molecule has 0 atom stereocenters. The monoisotopic (exact) mass is 270 g/mol. The summed E-state index contributed by atoms with van der Waals surface area (Å²) in [6, 6.07) is 3.59. The third kappa shape index (κ3) is 5.45. The highest BCUT2D eigenvalue weighted by Crippen LogP contribution is 2.10. The standard InChI is InChI=1S/C12H15FN2O4/c13-10-2-1-8(12(17)18)5-9(10)6-15-3-4-19-7-11(14)16/h1-2,5,15H,3-4,6-7H2,(H2,14,16)(H,17,18). The summed E-state index contributed by atoms with van der Waals surface area (Å²) in [5, 5.41) is 11.7. The number of halogens is 1. The molecule has 1 amide bonds. The summed E-state index contributed by atoms with van der Waals surface area (Å²) in [7, 11) is 0. The van der Waals surface area contributed by atoms with Crippen molar-refractivity contribution in [3.63, 3.8) is 0 Å². The zero-order valence-corrected chi connectivity index (χ0v) is 10.2. The largest absolute Gasteiger partial charge is 0.478 e. The molecule has 1 aromatic carbocycles. The summed E-state index contributed by atoms with van der Waals surface area (Å²) in [5.74, 6) is -2.14. The third-order valence-corrected chi connectivity index (χ3v) is 2.28. The van der Waals surface area contributed by atoms with Crippen molar-refractivity contribution in [3.8, 4) is 0 Å². The van der Waals surface area contributed by atoms with Crippen molar-refractivity contribution in [1.82, 2.24) is 5.32 Å². The maximum Gasteiger partial charge on any atom is 0.335 e. The van der Waals surface area contributed by atoms with Crippen molar-refractivity contribution < 1.29 is 23.8 Å². The molecule has 7 heteroatoms. The second-order valence-corrected chi connectivity index (χ2v) is 3.81. The molecule has 1 aromatic rings. The third-order valence-electron chi connectivity index (χ3n) is 2.28. The van der Waals surface area contributed by atoms with Crippen molar-refractivity contribution in [2.75, 3.05) is 19.8 Å². The molecular formula is C12H15FN2O4. The molecular weight excluding hydrogens is 255 g/mol. The Morgan fingerprint density at radius 1 is 1.42 bits per heavy atom. The molecule has 0 saturated heterocycles. The van der Waals surface area contributed by atoms with Gasteiger partial charge in [-0.1, -0.05) is 0 Å². The Labute approximate surface area is 109 Å². The fourth-order valence-corrected chi connectivity index (χ4v) is 1.38. The van der Waals surface area contributed by atoms with Gasteiger partial charge in [0.25, 0.3) is 0 Å². The van der Waals surface area contributed by atoms with Crippen molar-refractivity contribution in [3.05, 3.63) is 35.1 Å². The van der Waals surface area contributed by atoms with E-state index in [0.717, 1.165) is 6.07 Å². The lowest BCUT2D eigenvalue weighted by Crippen LogP contribution is -2.24.